The fraction of sp³-hybridized carbons (Fsp3) is 0.333. The molecule has 98 valence electrons. The van der Waals surface area contributed by atoms with E-state index in [1.165, 1.54) is 18.2 Å². The van der Waals surface area contributed by atoms with Crippen molar-refractivity contribution in [1.82, 2.24) is 0 Å². The Balaban J connectivity index is 2.82. The average Bonchev–Trinajstić information content (AvgIpc) is 2.31. The molecular weight excluding hydrogens is 238 g/mol. The van der Waals surface area contributed by atoms with Gasteiger partial charge in [0.05, 0.1) is 5.69 Å². The zero-order chi connectivity index (χ0) is 13.7. The van der Waals surface area contributed by atoms with E-state index in [2.05, 4.69) is 5.32 Å². The molecule has 0 heterocycles. The first-order valence-electron chi connectivity index (χ1n) is 5.48. The number of benzene rings is 1. The Morgan fingerprint density at radius 3 is 2.67 bits per heavy atom. The van der Waals surface area contributed by atoms with E-state index >= 15 is 0 Å². The van der Waals surface area contributed by atoms with Crippen LogP contribution >= 0.6 is 0 Å². The first-order chi connectivity index (χ1) is 8.45. The van der Waals surface area contributed by atoms with E-state index < -0.39 is 17.8 Å². The number of carbonyl (C=O) groups is 2. The molecule has 3 N–H and O–H groups in total. The molecule has 18 heavy (non-hydrogen) atoms. The topological polar surface area (TPSA) is 95.9 Å². The highest BCUT2D eigenvalue weighted by Crippen LogP contribution is 2.27. The van der Waals surface area contributed by atoms with Crippen LogP contribution in [0, 0.1) is 0 Å². The zero-order valence-electron chi connectivity index (χ0n) is 10.1. The summed E-state index contributed by atoms with van der Waals surface area (Å²) in [5.41, 5.74) is -0.278. The van der Waals surface area contributed by atoms with Crippen molar-refractivity contribution in [2.45, 2.75) is 26.4 Å². The fourth-order valence-electron chi connectivity index (χ4n) is 1.22. The highest BCUT2D eigenvalue weighted by Gasteiger charge is 2.15. The third-order valence-electron chi connectivity index (χ3n) is 2.39. The smallest absolute Gasteiger partial charge is 0.412 e. The predicted molar refractivity (Wildman–Crippen MR) is 64.9 cm³/mol. The molecule has 1 atom stereocenters. The molecule has 0 aliphatic heterocycles. The number of para-hydroxylation sites is 1. The van der Waals surface area contributed by atoms with Crippen molar-refractivity contribution in [2.24, 2.45) is 0 Å². The summed E-state index contributed by atoms with van der Waals surface area (Å²) in [6.07, 6.45) is -0.328. The van der Waals surface area contributed by atoms with Crippen LogP contribution in [0.5, 0.6) is 5.75 Å². The lowest BCUT2D eigenvalue weighted by molar-refractivity contribution is 0.0693. The van der Waals surface area contributed by atoms with Gasteiger partial charge in [-0.3, -0.25) is 5.32 Å². The minimum Gasteiger partial charge on any atom is -0.505 e. The summed E-state index contributed by atoms with van der Waals surface area (Å²) in [6.45, 7) is 3.59. The number of aromatic carboxylic acids is 1. The van der Waals surface area contributed by atoms with Gasteiger partial charge in [-0.25, -0.2) is 9.59 Å². The summed E-state index contributed by atoms with van der Waals surface area (Å²) in [4.78, 5) is 22.2. The molecule has 6 nitrogen and oxygen atoms in total. The number of aromatic hydroxyl groups is 1. The van der Waals surface area contributed by atoms with Crippen molar-refractivity contribution in [2.75, 3.05) is 5.32 Å². The van der Waals surface area contributed by atoms with Crippen molar-refractivity contribution in [1.29, 1.82) is 0 Å². The monoisotopic (exact) mass is 253 g/mol. The number of anilines is 1. The SMILES string of the molecule is CCC(C)OC(=O)Nc1cccc(C(=O)O)c1O. The van der Waals surface area contributed by atoms with Gasteiger partial charge >= 0.3 is 12.1 Å². The second kappa shape index (κ2) is 5.90. The molecule has 1 amide bonds. The van der Waals surface area contributed by atoms with Gasteiger partial charge in [0.25, 0.3) is 0 Å². The predicted octanol–water partition coefficient (Wildman–Crippen LogP) is 2.44. The summed E-state index contributed by atoms with van der Waals surface area (Å²) in [5.74, 6) is -1.77. The molecule has 0 fully saturated rings. The van der Waals surface area contributed by atoms with Gasteiger partial charge in [-0.2, -0.15) is 0 Å². The van der Waals surface area contributed by atoms with E-state index in [4.69, 9.17) is 9.84 Å². The molecule has 0 aliphatic rings. The number of hydrogen-bond acceptors (Lipinski definition) is 4. The Kier molecular flexibility index (Phi) is 4.53. The minimum absolute atomic E-state index is 0.00297. The van der Waals surface area contributed by atoms with Crippen LogP contribution in [-0.2, 0) is 4.74 Å². The first kappa shape index (κ1) is 13.8. The number of amides is 1. The highest BCUT2D eigenvalue weighted by atomic mass is 16.6. The largest absolute Gasteiger partial charge is 0.505 e. The second-order valence-corrected chi connectivity index (χ2v) is 3.76. The minimum atomic E-state index is -1.27. The van der Waals surface area contributed by atoms with Crippen molar-refractivity contribution < 1.29 is 24.5 Å². The Morgan fingerprint density at radius 1 is 1.44 bits per heavy atom. The van der Waals surface area contributed by atoms with E-state index in [1.807, 2.05) is 6.92 Å². The summed E-state index contributed by atoms with van der Waals surface area (Å²) < 4.78 is 4.95. The lowest BCUT2D eigenvalue weighted by Crippen LogP contribution is -2.19. The van der Waals surface area contributed by atoms with Gasteiger partial charge in [0.15, 0.2) is 5.75 Å². The molecule has 0 saturated heterocycles. The van der Waals surface area contributed by atoms with Gasteiger partial charge in [-0.1, -0.05) is 13.0 Å². The molecule has 0 aromatic heterocycles. The molecule has 1 aromatic rings. The normalized spacial score (nSPS) is 11.7. The summed E-state index contributed by atoms with van der Waals surface area (Å²) in [6, 6.07) is 4.05. The standard InChI is InChI=1S/C12H15NO5/c1-3-7(2)18-12(17)13-9-6-4-5-8(10(9)14)11(15)16/h4-7,14H,3H2,1-2H3,(H,13,17)(H,15,16). The van der Waals surface area contributed by atoms with Crippen LogP contribution in [0.1, 0.15) is 30.6 Å². The number of rotatable bonds is 4. The summed E-state index contributed by atoms with van der Waals surface area (Å²) in [5, 5.41) is 20.7. The average molecular weight is 253 g/mol. The lowest BCUT2D eigenvalue weighted by Gasteiger charge is -2.13. The van der Waals surface area contributed by atoms with Crippen molar-refractivity contribution in [3.63, 3.8) is 0 Å². The van der Waals surface area contributed by atoms with Crippen LogP contribution in [0.2, 0.25) is 0 Å². The number of hydrogen-bond donors (Lipinski definition) is 3. The fourth-order valence-corrected chi connectivity index (χ4v) is 1.22. The Bertz CT molecular complexity index is 458. The zero-order valence-corrected chi connectivity index (χ0v) is 10.1. The number of carboxylic acids is 1. The van der Waals surface area contributed by atoms with Gasteiger partial charge in [0.2, 0.25) is 0 Å². The Labute approximate surface area is 104 Å². The summed E-state index contributed by atoms with van der Waals surface area (Å²) >= 11 is 0. The number of nitrogens with one attached hydrogen (secondary N) is 1. The van der Waals surface area contributed by atoms with Crippen LogP contribution in [0.15, 0.2) is 18.2 Å². The molecule has 1 aromatic carbocycles. The first-order valence-corrected chi connectivity index (χ1v) is 5.48. The van der Waals surface area contributed by atoms with Gasteiger partial charge in [0, 0.05) is 0 Å². The molecule has 0 radical (unpaired) electrons. The number of ether oxygens (including phenoxy) is 1. The molecule has 1 rings (SSSR count). The Morgan fingerprint density at radius 2 is 2.11 bits per heavy atom. The van der Waals surface area contributed by atoms with Crippen LogP contribution in [0.4, 0.5) is 10.5 Å². The van der Waals surface area contributed by atoms with Gasteiger partial charge in [-0.05, 0) is 25.5 Å². The summed E-state index contributed by atoms with van der Waals surface area (Å²) in [7, 11) is 0. The van der Waals surface area contributed by atoms with E-state index in [9.17, 15) is 14.7 Å². The molecular formula is C12H15NO5. The molecule has 0 saturated carbocycles. The lowest BCUT2D eigenvalue weighted by atomic mass is 10.2. The van der Waals surface area contributed by atoms with Crippen molar-refractivity contribution >= 4 is 17.7 Å². The molecule has 1 unspecified atom stereocenters. The molecule has 0 bridgehead atoms. The number of carbonyl (C=O) groups excluding carboxylic acids is 1. The maximum absolute atomic E-state index is 11.4. The third kappa shape index (κ3) is 3.38. The maximum Gasteiger partial charge on any atom is 0.412 e. The maximum atomic E-state index is 11.4. The van der Waals surface area contributed by atoms with E-state index in [0.717, 1.165) is 0 Å². The van der Waals surface area contributed by atoms with E-state index in [1.54, 1.807) is 6.92 Å². The van der Waals surface area contributed by atoms with Gasteiger partial charge < -0.3 is 14.9 Å². The number of carboxylic acid groups (broad SMARTS) is 1. The van der Waals surface area contributed by atoms with Gasteiger partial charge in [0.1, 0.15) is 11.7 Å². The van der Waals surface area contributed by atoms with Crippen LogP contribution < -0.4 is 5.32 Å². The quantitative estimate of drug-likeness (QED) is 0.716. The molecule has 0 spiro atoms. The van der Waals surface area contributed by atoms with Crippen molar-refractivity contribution in [3.05, 3.63) is 23.8 Å². The van der Waals surface area contributed by atoms with Crippen LogP contribution in [0.3, 0.4) is 0 Å². The molecule has 6 heteroatoms. The molecule has 0 aliphatic carbocycles. The van der Waals surface area contributed by atoms with Crippen LogP contribution in [-0.4, -0.2) is 28.4 Å². The second-order valence-electron chi connectivity index (χ2n) is 3.76. The highest BCUT2D eigenvalue weighted by molar-refractivity contribution is 5.96. The Hall–Kier alpha value is -2.24. The van der Waals surface area contributed by atoms with E-state index in [0.29, 0.717) is 6.42 Å². The van der Waals surface area contributed by atoms with Crippen LogP contribution in [0.25, 0.3) is 0 Å². The van der Waals surface area contributed by atoms with Gasteiger partial charge in [-0.15, -0.1) is 0 Å². The third-order valence-corrected chi connectivity index (χ3v) is 2.39. The van der Waals surface area contributed by atoms with Crippen molar-refractivity contribution in [3.8, 4) is 5.75 Å². The van der Waals surface area contributed by atoms with E-state index in [-0.39, 0.29) is 17.4 Å². The number of phenols is 1.